The molecule has 39 heavy (non-hydrogen) atoms. The number of rotatable bonds is 10. The fraction of sp³-hybridized carbons (Fsp3) is 0.375. The van der Waals surface area contributed by atoms with E-state index in [1.807, 2.05) is 80.6 Å². The van der Waals surface area contributed by atoms with Crippen LogP contribution in [0.1, 0.15) is 54.4 Å². The Kier molecular flexibility index (Phi) is 10.6. The molecular weight excluding hydrogens is 620 g/mol. The van der Waals surface area contributed by atoms with Crippen LogP contribution < -0.4 is 10.1 Å². The van der Waals surface area contributed by atoms with Crippen molar-refractivity contribution < 1.29 is 14.3 Å². The lowest BCUT2D eigenvalue weighted by molar-refractivity contribution is -0.143. The van der Waals surface area contributed by atoms with Gasteiger partial charge in [0.2, 0.25) is 5.91 Å². The molecule has 2 amide bonds. The first-order valence-electron chi connectivity index (χ1n) is 13.6. The molecule has 1 unspecified atom stereocenters. The second-order valence-electron chi connectivity index (χ2n) is 10.4. The van der Waals surface area contributed by atoms with Crippen LogP contribution in [0.3, 0.4) is 0 Å². The van der Waals surface area contributed by atoms with Crippen LogP contribution in [0.2, 0.25) is 0 Å². The van der Waals surface area contributed by atoms with Gasteiger partial charge in [-0.05, 0) is 73.2 Å². The normalized spacial score (nSPS) is 14.5. The Bertz CT molecular complexity index is 1240. The van der Waals surface area contributed by atoms with Gasteiger partial charge >= 0.3 is 0 Å². The Hall–Kier alpha value is -2.64. The number of nitrogens with zero attached hydrogens (tertiary/aromatic N) is 1. The maximum atomic E-state index is 13.9. The van der Waals surface area contributed by atoms with Crippen molar-refractivity contribution in [1.29, 1.82) is 0 Å². The summed E-state index contributed by atoms with van der Waals surface area (Å²) in [4.78, 5) is 29.4. The predicted molar refractivity (Wildman–Crippen MR) is 163 cm³/mol. The fourth-order valence-electron chi connectivity index (χ4n) is 5.10. The highest BCUT2D eigenvalue weighted by Gasteiger charge is 2.32. The van der Waals surface area contributed by atoms with E-state index in [1.165, 1.54) is 6.42 Å². The average molecular weight is 656 g/mol. The van der Waals surface area contributed by atoms with Crippen molar-refractivity contribution >= 4 is 43.7 Å². The minimum Gasteiger partial charge on any atom is -0.484 e. The minimum absolute atomic E-state index is 0.105. The molecule has 3 aromatic carbocycles. The summed E-state index contributed by atoms with van der Waals surface area (Å²) in [7, 11) is 0. The second-order valence-corrected chi connectivity index (χ2v) is 12.1. The lowest BCUT2D eigenvalue weighted by Gasteiger charge is -2.33. The van der Waals surface area contributed by atoms with Crippen LogP contribution in [0.15, 0.2) is 75.7 Å². The smallest absolute Gasteiger partial charge is 0.261 e. The quantitative estimate of drug-likeness (QED) is 0.249. The molecule has 0 aromatic heterocycles. The van der Waals surface area contributed by atoms with E-state index >= 15 is 0 Å². The van der Waals surface area contributed by atoms with Crippen molar-refractivity contribution in [2.45, 2.75) is 71.0 Å². The number of aryl methyl sites for hydroxylation is 2. The molecule has 1 saturated carbocycles. The molecule has 0 spiro atoms. The van der Waals surface area contributed by atoms with E-state index in [0.29, 0.717) is 18.7 Å². The zero-order valence-electron chi connectivity index (χ0n) is 22.6. The number of hydrogen-bond donors (Lipinski definition) is 1. The van der Waals surface area contributed by atoms with Crippen LogP contribution in [-0.4, -0.2) is 35.4 Å². The molecular formula is C32H36Br2N2O3. The van der Waals surface area contributed by atoms with Gasteiger partial charge in [0, 0.05) is 28.0 Å². The number of nitrogens with one attached hydrogen (secondary N) is 1. The number of carbonyl (C=O) groups excluding carboxylic acids is 2. The molecule has 5 nitrogen and oxygen atoms in total. The number of benzene rings is 3. The van der Waals surface area contributed by atoms with Crippen LogP contribution in [-0.2, 0) is 22.6 Å². The van der Waals surface area contributed by atoms with Crippen molar-refractivity contribution in [3.63, 3.8) is 0 Å². The van der Waals surface area contributed by atoms with E-state index in [9.17, 15) is 9.59 Å². The molecule has 206 valence electrons. The fourth-order valence-corrected chi connectivity index (χ4v) is 5.60. The number of ether oxygens (including phenoxy) is 1. The molecule has 1 fully saturated rings. The number of hydrogen-bond acceptors (Lipinski definition) is 3. The summed E-state index contributed by atoms with van der Waals surface area (Å²) in [5, 5.41) is 3.28. The zero-order valence-corrected chi connectivity index (χ0v) is 25.8. The van der Waals surface area contributed by atoms with Gasteiger partial charge in [0.05, 0.1) is 0 Å². The number of carbonyl (C=O) groups is 2. The molecule has 1 aliphatic carbocycles. The number of halogens is 2. The lowest BCUT2D eigenvalue weighted by atomic mass is 9.94. The molecule has 0 aliphatic heterocycles. The van der Waals surface area contributed by atoms with E-state index in [2.05, 4.69) is 37.2 Å². The summed E-state index contributed by atoms with van der Waals surface area (Å²) in [6.45, 7) is 4.15. The summed E-state index contributed by atoms with van der Waals surface area (Å²) in [5.74, 6) is 0.304. The van der Waals surface area contributed by atoms with Crippen molar-refractivity contribution in [1.82, 2.24) is 10.2 Å². The van der Waals surface area contributed by atoms with Gasteiger partial charge in [-0.3, -0.25) is 9.59 Å². The summed E-state index contributed by atoms with van der Waals surface area (Å²) in [6, 6.07) is 21.1. The Balaban J connectivity index is 1.61. The average Bonchev–Trinajstić information content (AvgIpc) is 2.94. The van der Waals surface area contributed by atoms with Gasteiger partial charge in [0.25, 0.3) is 5.91 Å². The first-order valence-corrected chi connectivity index (χ1v) is 15.2. The Morgan fingerprint density at radius 2 is 1.56 bits per heavy atom. The highest BCUT2D eigenvalue weighted by Crippen LogP contribution is 2.27. The van der Waals surface area contributed by atoms with E-state index in [-0.39, 0.29) is 24.5 Å². The summed E-state index contributed by atoms with van der Waals surface area (Å²) in [5.41, 5.74) is 4.04. The summed E-state index contributed by atoms with van der Waals surface area (Å²) < 4.78 is 7.99. The molecule has 0 heterocycles. The molecule has 0 radical (unpaired) electrons. The van der Waals surface area contributed by atoms with E-state index in [0.717, 1.165) is 56.9 Å². The maximum Gasteiger partial charge on any atom is 0.261 e. The number of amides is 2. The third kappa shape index (κ3) is 8.42. The summed E-state index contributed by atoms with van der Waals surface area (Å²) >= 11 is 7.08. The molecule has 7 heteroatoms. The third-order valence-electron chi connectivity index (χ3n) is 7.26. The zero-order chi connectivity index (χ0) is 27.8. The minimum atomic E-state index is -0.664. The highest BCUT2D eigenvalue weighted by molar-refractivity contribution is 9.10. The topological polar surface area (TPSA) is 58.6 Å². The highest BCUT2D eigenvalue weighted by atomic mass is 79.9. The molecule has 1 atom stereocenters. The van der Waals surface area contributed by atoms with Crippen LogP contribution in [0.5, 0.6) is 5.75 Å². The molecule has 3 aromatic rings. The van der Waals surface area contributed by atoms with Crippen molar-refractivity contribution in [2.75, 3.05) is 6.61 Å². The van der Waals surface area contributed by atoms with E-state index < -0.39 is 6.04 Å². The van der Waals surface area contributed by atoms with Gasteiger partial charge in [0.1, 0.15) is 11.8 Å². The second kappa shape index (κ2) is 14.1. The Morgan fingerprint density at radius 3 is 2.21 bits per heavy atom. The first-order chi connectivity index (χ1) is 18.8. The predicted octanol–water partition coefficient (Wildman–Crippen LogP) is 7.30. The lowest BCUT2D eigenvalue weighted by Crippen LogP contribution is -2.53. The molecule has 1 aliphatic rings. The van der Waals surface area contributed by atoms with Gasteiger partial charge in [-0.2, -0.15) is 0 Å². The van der Waals surface area contributed by atoms with Crippen LogP contribution in [0, 0.1) is 13.8 Å². The standard InChI is InChI=1S/C32H36Br2N2O3/c1-22-17-28(18-23(2)31(22)34)39-21-30(37)36(20-25-13-15-26(33)16-14-25)29(19-24-9-5-3-6-10-24)32(38)35-27-11-7-4-8-12-27/h3,5-6,9-10,13-18,27,29H,4,7-8,11-12,19-21H2,1-2H3,(H,35,38). The SMILES string of the molecule is Cc1cc(OCC(=O)N(Cc2ccc(Br)cc2)C(Cc2ccccc2)C(=O)NC2CCCCC2)cc(C)c1Br. The van der Waals surface area contributed by atoms with Gasteiger partial charge in [-0.15, -0.1) is 0 Å². The van der Waals surface area contributed by atoms with E-state index in [1.54, 1.807) is 4.90 Å². The largest absolute Gasteiger partial charge is 0.484 e. The van der Waals surface area contributed by atoms with Crippen molar-refractivity contribution in [3.05, 3.63) is 97.9 Å². The van der Waals surface area contributed by atoms with Crippen LogP contribution >= 0.6 is 31.9 Å². The first kappa shape index (κ1) is 29.3. The van der Waals surface area contributed by atoms with Crippen molar-refractivity contribution in [3.8, 4) is 5.75 Å². The van der Waals surface area contributed by atoms with Crippen LogP contribution in [0.4, 0.5) is 0 Å². The maximum absolute atomic E-state index is 13.9. The Labute approximate surface area is 248 Å². The van der Waals surface area contributed by atoms with Crippen LogP contribution in [0.25, 0.3) is 0 Å². The van der Waals surface area contributed by atoms with Gasteiger partial charge in [-0.25, -0.2) is 0 Å². The molecule has 4 rings (SSSR count). The van der Waals surface area contributed by atoms with E-state index in [4.69, 9.17) is 4.74 Å². The third-order valence-corrected chi connectivity index (χ3v) is 9.04. The van der Waals surface area contributed by atoms with Crippen molar-refractivity contribution in [2.24, 2.45) is 0 Å². The summed E-state index contributed by atoms with van der Waals surface area (Å²) in [6.07, 6.45) is 5.84. The molecule has 1 N–H and O–H groups in total. The molecule has 0 saturated heterocycles. The Morgan fingerprint density at radius 1 is 0.923 bits per heavy atom. The monoisotopic (exact) mass is 654 g/mol. The van der Waals surface area contributed by atoms with Gasteiger partial charge < -0.3 is 15.0 Å². The molecule has 0 bridgehead atoms. The van der Waals surface area contributed by atoms with Gasteiger partial charge in [-0.1, -0.05) is 93.6 Å². The van der Waals surface area contributed by atoms with Gasteiger partial charge in [0.15, 0.2) is 6.61 Å².